The summed E-state index contributed by atoms with van der Waals surface area (Å²) in [5, 5.41) is 9.05. The van der Waals surface area contributed by atoms with Crippen molar-refractivity contribution in [2.75, 3.05) is 12.3 Å². The van der Waals surface area contributed by atoms with Crippen LogP contribution < -0.4 is 4.72 Å². The first-order valence-corrected chi connectivity index (χ1v) is 9.47. The topological polar surface area (TPSA) is 121 Å². The molecule has 9 heteroatoms. The maximum Gasteiger partial charge on any atom is 0.321 e. The Morgan fingerprint density at radius 3 is 2.12 bits per heavy atom. The van der Waals surface area contributed by atoms with Crippen LogP contribution in [0.2, 0.25) is 0 Å². The Morgan fingerprint density at radius 1 is 1.16 bits per heavy atom. The molecule has 0 aromatic heterocycles. The first kappa shape index (κ1) is 19.1. The van der Waals surface area contributed by atoms with Gasteiger partial charge in [0, 0.05) is 6.54 Å². The number of sulfonamides is 1. The maximum atomic E-state index is 12.2. The van der Waals surface area contributed by atoms with E-state index in [-0.39, 0.29) is 18.7 Å². The summed E-state index contributed by atoms with van der Waals surface area (Å²) in [7, 11) is -3.85. The number of carboxylic acid groups (broad SMARTS) is 1. The first-order chi connectivity index (χ1) is 11.6. The van der Waals surface area contributed by atoms with Crippen molar-refractivity contribution in [3.8, 4) is 0 Å². The summed E-state index contributed by atoms with van der Waals surface area (Å²) < 4.78 is 26.2. The van der Waals surface area contributed by atoms with Crippen molar-refractivity contribution in [1.82, 2.24) is 9.62 Å². The fourth-order valence-corrected chi connectivity index (χ4v) is 3.97. The number of nitrogens with one attached hydrogen (secondary N) is 1. The maximum absolute atomic E-state index is 12.2. The van der Waals surface area contributed by atoms with Crippen molar-refractivity contribution in [3.05, 3.63) is 35.4 Å². The number of carbonyl (C=O) groups excluding carboxylic acids is 2. The van der Waals surface area contributed by atoms with Crippen LogP contribution in [0.5, 0.6) is 0 Å². The number of hydrogen-bond acceptors (Lipinski definition) is 5. The summed E-state index contributed by atoms with van der Waals surface area (Å²) in [5.41, 5.74) is 0.610. The van der Waals surface area contributed by atoms with Crippen molar-refractivity contribution in [1.29, 1.82) is 0 Å². The molecule has 1 aromatic carbocycles. The molecule has 2 amide bonds. The third-order valence-electron chi connectivity index (χ3n) is 3.91. The molecule has 0 spiro atoms. The summed E-state index contributed by atoms with van der Waals surface area (Å²) >= 11 is 0. The highest BCUT2D eigenvalue weighted by Gasteiger charge is 2.35. The van der Waals surface area contributed by atoms with Crippen LogP contribution in [0, 0.1) is 5.92 Å². The van der Waals surface area contributed by atoms with Crippen molar-refractivity contribution in [2.45, 2.75) is 26.3 Å². The molecule has 1 aromatic rings. The number of benzene rings is 1. The van der Waals surface area contributed by atoms with Gasteiger partial charge in [-0.1, -0.05) is 26.0 Å². The average molecular weight is 368 g/mol. The first-order valence-electron chi connectivity index (χ1n) is 7.82. The Balaban J connectivity index is 1.96. The molecule has 1 aliphatic heterocycles. The molecular weight excluding hydrogens is 348 g/mol. The smallest absolute Gasteiger partial charge is 0.321 e. The van der Waals surface area contributed by atoms with Crippen LogP contribution in [0.15, 0.2) is 24.3 Å². The lowest BCUT2D eigenvalue weighted by Crippen LogP contribution is -2.45. The van der Waals surface area contributed by atoms with Crippen molar-refractivity contribution >= 4 is 27.8 Å². The van der Waals surface area contributed by atoms with Crippen molar-refractivity contribution in [3.63, 3.8) is 0 Å². The zero-order valence-corrected chi connectivity index (χ0v) is 14.7. The summed E-state index contributed by atoms with van der Waals surface area (Å²) in [4.78, 5) is 36.5. The van der Waals surface area contributed by atoms with Crippen LogP contribution in [0.3, 0.4) is 0 Å². The Kier molecular flexibility index (Phi) is 5.58. The molecule has 136 valence electrons. The molecule has 1 heterocycles. The van der Waals surface area contributed by atoms with E-state index < -0.39 is 39.8 Å². The van der Waals surface area contributed by atoms with Gasteiger partial charge in [-0.05, 0) is 24.5 Å². The fraction of sp³-hybridized carbons (Fsp3) is 0.438. The molecular formula is C16H20N2O6S. The zero-order chi connectivity index (χ0) is 18.8. The van der Waals surface area contributed by atoms with Crippen LogP contribution in [0.25, 0.3) is 0 Å². The lowest BCUT2D eigenvalue weighted by molar-refractivity contribution is -0.140. The van der Waals surface area contributed by atoms with Gasteiger partial charge >= 0.3 is 5.97 Å². The van der Waals surface area contributed by atoms with Gasteiger partial charge in [-0.15, -0.1) is 0 Å². The van der Waals surface area contributed by atoms with E-state index in [1.165, 1.54) is 0 Å². The minimum Gasteiger partial charge on any atom is -0.480 e. The van der Waals surface area contributed by atoms with Crippen molar-refractivity contribution in [2.24, 2.45) is 5.92 Å². The van der Waals surface area contributed by atoms with Gasteiger partial charge in [-0.3, -0.25) is 19.3 Å². The van der Waals surface area contributed by atoms with Crippen LogP contribution in [-0.4, -0.2) is 54.5 Å². The molecule has 8 nitrogen and oxygen atoms in total. The molecule has 25 heavy (non-hydrogen) atoms. The van der Waals surface area contributed by atoms with E-state index in [0.29, 0.717) is 11.1 Å². The molecule has 1 atom stereocenters. The molecule has 0 fully saturated rings. The Morgan fingerprint density at radius 2 is 1.68 bits per heavy atom. The second-order valence-electron chi connectivity index (χ2n) is 6.16. The lowest BCUT2D eigenvalue weighted by Gasteiger charge is -2.18. The molecule has 0 bridgehead atoms. The highest BCUT2D eigenvalue weighted by molar-refractivity contribution is 7.89. The number of rotatable bonds is 8. The summed E-state index contributed by atoms with van der Waals surface area (Å²) in [6.45, 7) is 3.15. The van der Waals surface area contributed by atoms with Gasteiger partial charge in [0.25, 0.3) is 11.8 Å². The van der Waals surface area contributed by atoms with Crippen LogP contribution >= 0.6 is 0 Å². The van der Waals surface area contributed by atoms with E-state index >= 15 is 0 Å². The minimum absolute atomic E-state index is 0.0191. The van der Waals surface area contributed by atoms with Gasteiger partial charge in [0.2, 0.25) is 10.0 Å². The lowest BCUT2D eigenvalue weighted by atomic mass is 10.1. The van der Waals surface area contributed by atoms with Crippen LogP contribution in [-0.2, 0) is 14.8 Å². The minimum atomic E-state index is -3.85. The molecule has 2 N–H and O–H groups in total. The fourth-order valence-electron chi connectivity index (χ4n) is 2.58. The summed E-state index contributed by atoms with van der Waals surface area (Å²) in [6, 6.07) is 5.19. The van der Waals surface area contributed by atoms with E-state index in [1.807, 2.05) is 0 Å². The molecule has 1 unspecified atom stereocenters. The van der Waals surface area contributed by atoms with E-state index in [9.17, 15) is 22.8 Å². The Hall–Kier alpha value is -2.26. The molecule has 0 aliphatic carbocycles. The highest BCUT2D eigenvalue weighted by Crippen LogP contribution is 2.22. The number of fused-ring (bicyclic) bond motifs is 1. The van der Waals surface area contributed by atoms with E-state index in [0.717, 1.165) is 4.90 Å². The van der Waals surface area contributed by atoms with E-state index in [4.69, 9.17) is 5.11 Å². The molecule has 0 saturated carbocycles. The third kappa shape index (κ3) is 4.23. The monoisotopic (exact) mass is 368 g/mol. The van der Waals surface area contributed by atoms with Crippen LogP contribution in [0.4, 0.5) is 0 Å². The van der Waals surface area contributed by atoms with Gasteiger partial charge in [0.15, 0.2) is 0 Å². The second kappa shape index (κ2) is 7.32. The number of nitrogens with zero attached hydrogens (tertiary/aromatic N) is 1. The molecule has 0 saturated heterocycles. The largest absolute Gasteiger partial charge is 0.480 e. The zero-order valence-electron chi connectivity index (χ0n) is 13.9. The Labute approximate surface area is 145 Å². The SMILES string of the molecule is CC(C)C(NS(=O)(=O)CCCN1C(=O)c2ccccc2C1=O)C(=O)O. The molecule has 1 aliphatic rings. The average Bonchev–Trinajstić information content (AvgIpc) is 2.77. The molecule has 2 rings (SSSR count). The highest BCUT2D eigenvalue weighted by atomic mass is 32.2. The van der Waals surface area contributed by atoms with E-state index in [1.54, 1.807) is 38.1 Å². The summed E-state index contributed by atoms with van der Waals surface area (Å²) in [5.74, 6) is -2.94. The van der Waals surface area contributed by atoms with Gasteiger partial charge in [-0.25, -0.2) is 13.1 Å². The number of hydrogen-bond donors (Lipinski definition) is 2. The second-order valence-corrected chi connectivity index (χ2v) is 8.03. The van der Waals surface area contributed by atoms with Gasteiger partial charge in [0.1, 0.15) is 6.04 Å². The normalized spacial score (nSPS) is 15.6. The van der Waals surface area contributed by atoms with Gasteiger partial charge in [-0.2, -0.15) is 0 Å². The quantitative estimate of drug-likeness (QED) is 0.652. The number of aliphatic carboxylic acids is 1. The third-order valence-corrected chi connectivity index (χ3v) is 5.35. The number of imide groups is 1. The van der Waals surface area contributed by atoms with Crippen LogP contribution in [0.1, 0.15) is 41.0 Å². The van der Waals surface area contributed by atoms with E-state index in [2.05, 4.69) is 4.72 Å². The predicted octanol–water partition coefficient (Wildman–Crippen LogP) is 0.701. The predicted molar refractivity (Wildman–Crippen MR) is 89.6 cm³/mol. The number of carbonyl (C=O) groups is 3. The van der Waals surface area contributed by atoms with Gasteiger partial charge < -0.3 is 5.11 Å². The number of carboxylic acids is 1. The summed E-state index contributed by atoms with van der Waals surface area (Å²) in [6.07, 6.45) is 0.0191. The van der Waals surface area contributed by atoms with Gasteiger partial charge in [0.05, 0.1) is 16.9 Å². The standard InChI is InChI=1S/C16H20N2O6S/c1-10(2)13(16(21)22)17-25(23,24)9-5-8-18-14(19)11-6-3-4-7-12(11)15(18)20/h3-4,6-7,10,13,17H,5,8-9H2,1-2H3,(H,21,22). The number of amides is 2. The molecule has 0 radical (unpaired) electrons. The van der Waals surface area contributed by atoms with Crippen molar-refractivity contribution < 1.29 is 27.9 Å². The Bertz CT molecular complexity index is 768.